The Morgan fingerprint density at radius 1 is 1.05 bits per heavy atom. The van der Waals surface area contributed by atoms with Crippen LogP contribution in [-0.4, -0.2) is 77.5 Å². The van der Waals surface area contributed by atoms with Crippen LogP contribution in [0.25, 0.3) is 0 Å². The fraction of sp³-hybridized carbons (Fsp3) is 0.700. The Labute approximate surface area is 237 Å². The Balaban J connectivity index is 1.33. The van der Waals surface area contributed by atoms with E-state index >= 15 is 0 Å². The van der Waals surface area contributed by atoms with Gasteiger partial charge in [-0.15, -0.1) is 0 Å². The Bertz CT molecular complexity index is 1060. The first-order valence-electron chi connectivity index (χ1n) is 14.7. The zero-order valence-electron chi connectivity index (χ0n) is 23.5. The molecule has 0 spiro atoms. The van der Waals surface area contributed by atoms with Gasteiger partial charge >= 0.3 is 6.09 Å². The van der Waals surface area contributed by atoms with Crippen LogP contribution in [0.2, 0.25) is 5.02 Å². The molecular weight excluding hydrogens is 514 g/mol. The first kappa shape index (κ1) is 28.1. The van der Waals surface area contributed by atoms with Crippen molar-refractivity contribution in [2.45, 2.75) is 76.7 Å². The maximum Gasteiger partial charge on any atom is 0.410 e. The van der Waals surface area contributed by atoms with Gasteiger partial charge in [-0.25, -0.2) is 4.79 Å². The van der Waals surface area contributed by atoms with Gasteiger partial charge in [-0.05, 0) is 75.0 Å². The second-order valence-electron chi connectivity index (χ2n) is 12.9. The van der Waals surface area contributed by atoms with Gasteiger partial charge in [-0.1, -0.05) is 43.0 Å². The topological polar surface area (TPSA) is 103 Å². The third-order valence-corrected chi connectivity index (χ3v) is 10.3. The minimum atomic E-state index is -0.303. The number of benzene rings is 1. The van der Waals surface area contributed by atoms with Crippen molar-refractivity contribution in [2.75, 3.05) is 39.3 Å². The highest BCUT2D eigenvalue weighted by molar-refractivity contribution is 6.30. The number of ether oxygens (including phenoxy) is 1. The Kier molecular flexibility index (Phi) is 8.05. The quantitative estimate of drug-likeness (QED) is 0.389. The molecule has 2 unspecified atom stereocenters. The molecule has 4 fully saturated rings. The molecule has 5 rings (SSSR count). The summed E-state index contributed by atoms with van der Waals surface area (Å²) in [6, 6.07) is 7.74. The van der Waals surface area contributed by atoms with Gasteiger partial charge in [0.2, 0.25) is 5.91 Å². The summed E-state index contributed by atoms with van der Waals surface area (Å²) in [6.07, 6.45) is 8.52. The Morgan fingerprint density at radius 3 is 2.31 bits per heavy atom. The van der Waals surface area contributed by atoms with Crippen molar-refractivity contribution >= 4 is 29.6 Å². The second-order valence-corrected chi connectivity index (χ2v) is 13.3. The van der Waals surface area contributed by atoms with Crippen LogP contribution in [0, 0.1) is 22.7 Å². The van der Waals surface area contributed by atoms with Gasteiger partial charge in [0.05, 0.1) is 5.54 Å². The molecule has 39 heavy (non-hydrogen) atoms. The molecule has 214 valence electrons. The van der Waals surface area contributed by atoms with E-state index in [0.29, 0.717) is 37.1 Å². The number of carbonyl (C=O) groups excluding carboxylic acids is 2. The van der Waals surface area contributed by atoms with Crippen molar-refractivity contribution in [3.05, 3.63) is 34.9 Å². The smallest absolute Gasteiger partial charge is 0.410 e. The highest BCUT2D eigenvalue weighted by Gasteiger charge is 2.50. The third kappa shape index (κ3) is 5.72. The average molecular weight is 558 g/mol. The Hall–Kier alpha value is -2.48. The van der Waals surface area contributed by atoms with E-state index in [1.807, 2.05) is 34.1 Å². The van der Waals surface area contributed by atoms with Crippen LogP contribution in [0.1, 0.15) is 76.7 Å². The van der Waals surface area contributed by atoms with Crippen LogP contribution >= 0.6 is 11.6 Å². The van der Waals surface area contributed by atoms with Gasteiger partial charge in [-0.3, -0.25) is 15.1 Å². The molecule has 3 heterocycles. The molecule has 0 bridgehead atoms. The number of rotatable bonds is 5. The largest absolute Gasteiger partial charge is 0.447 e. The summed E-state index contributed by atoms with van der Waals surface area (Å²) in [5.41, 5.74) is 6.63. The predicted molar refractivity (Wildman–Crippen MR) is 153 cm³/mol. The van der Waals surface area contributed by atoms with Crippen LogP contribution in [0.3, 0.4) is 0 Å². The van der Waals surface area contributed by atoms with E-state index in [0.717, 1.165) is 38.0 Å². The van der Waals surface area contributed by atoms with Gasteiger partial charge in [0.1, 0.15) is 6.61 Å². The molecule has 2 atom stereocenters. The molecule has 4 aliphatic rings. The zero-order valence-corrected chi connectivity index (χ0v) is 24.2. The van der Waals surface area contributed by atoms with Gasteiger partial charge in [0.25, 0.3) is 0 Å². The lowest BCUT2D eigenvalue weighted by Gasteiger charge is -2.51. The fourth-order valence-corrected chi connectivity index (χ4v) is 7.69. The number of amides is 2. The van der Waals surface area contributed by atoms with Crippen molar-refractivity contribution < 1.29 is 14.3 Å². The highest BCUT2D eigenvalue weighted by atomic mass is 35.5. The number of nitrogens with two attached hydrogens (primary N) is 1. The van der Waals surface area contributed by atoms with Crippen molar-refractivity contribution in [1.29, 1.82) is 5.41 Å². The minimum absolute atomic E-state index is 0.0193. The summed E-state index contributed by atoms with van der Waals surface area (Å²) in [7, 11) is 0. The summed E-state index contributed by atoms with van der Waals surface area (Å²) < 4.78 is 5.47. The van der Waals surface area contributed by atoms with E-state index in [4.69, 9.17) is 27.5 Å². The number of nitrogens with zero attached hydrogens (tertiary/aromatic N) is 3. The van der Waals surface area contributed by atoms with Gasteiger partial charge < -0.3 is 20.3 Å². The minimum Gasteiger partial charge on any atom is -0.447 e. The van der Waals surface area contributed by atoms with Crippen molar-refractivity contribution in [2.24, 2.45) is 23.0 Å². The number of hydrogen-bond acceptors (Lipinski definition) is 4. The number of likely N-dealkylation sites (tertiary alicyclic amines) is 2. The van der Waals surface area contributed by atoms with Crippen molar-refractivity contribution in [1.82, 2.24) is 14.7 Å². The van der Waals surface area contributed by atoms with Gasteiger partial charge in [-0.2, -0.15) is 0 Å². The Morgan fingerprint density at radius 2 is 1.72 bits per heavy atom. The molecule has 0 aromatic heterocycles. The number of nitrogens with one attached hydrogen (secondary N) is 1. The maximum absolute atomic E-state index is 14.1. The molecule has 3 N–H and O–H groups in total. The van der Waals surface area contributed by atoms with Gasteiger partial charge in [0, 0.05) is 49.6 Å². The molecule has 8 nitrogen and oxygen atoms in total. The molecule has 2 amide bonds. The van der Waals surface area contributed by atoms with E-state index in [9.17, 15) is 9.59 Å². The first-order chi connectivity index (χ1) is 18.6. The molecular formula is C30H44ClN5O3. The maximum atomic E-state index is 14.1. The summed E-state index contributed by atoms with van der Waals surface area (Å²) in [5, 5.41) is 8.64. The molecule has 1 aromatic rings. The summed E-state index contributed by atoms with van der Waals surface area (Å²) >= 11 is 6.16. The number of halogens is 1. The SMILES string of the molecule is CC1(C)COC(=O)N1CC1(C2CCCCC2)CCN(C(=O)C2CCN(C(=N)N)CC2c2ccc(Cl)cc2)CC1. The van der Waals surface area contributed by atoms with Crippen LogP contribution in [0.15, 0.2) is 24.3 Å². The average Bonchev–Trinajstić information content (AvgIpc) is 3.20. The van der Waals surface area contributed by atoms with Crippen LogP contribution in [-0.2, 0) is 9.53 Å². The summed E-state index contributed by atoms with van der Waals surface area (Å²) in [6.45, 7) is 7.95. The van der Waals surface area contributed by atoms with E-state index in [-0.39, 0.29) is 40.7 Å². The lowest BCUT2D eigenvalue weighted by molar-refractivity contribution is -0.141. The second kappa shape index (κ2) is 11.2. The zero-order chi connectivity index (χ0) is 27.8. The summed E-state index contributed by atoms with van der Waals surface area (Å²) in [5.74, 6) is 0.636. The van der Waals surface area contributed by atoms with E-state index in [2.05, 4.69) is 18.7 Å². The molecule has 3 saturated heterocycles. The lowest BCUT2D eigenvalue weighted by Crippen LogP contribution is -2.56. The number of piperidine rings is 2. The van der Waals surface area contributed by atoms with Crippen LogP contribution in [0.4, 0.5) is 4.79 Å². The normalized spacial score (nSPS) is 27.4. The van der Waals surface area contributed by atoms with Crippen LogP contribution < -0.4 is 5.73 Å². The molecule has 1 aliphatic carbocycles. The number of hydrogen-bond donors (Lipinski definition) is 2. The molecule has 1 saturated carbocycles. The highest BCUT2D eigenvalue weighted by Crippen LogP contribution is 2.48. The van der Waals surface area contributed by atoms with Crippen molar-refractivity contribution in [3.63, 3.8) is 0 Å². The monoisotopic (exact) mass is 557 g/mol. The predicted octanol–water partition coefficient (Wildman–Crippen LogP) is 5.06. The van der Waals surface area contributed by atoms with E-state index in [1.54, 1.807) is 0 Å². The van der Waals surface area contributed by atoms with E-state index in [1.165, 1.54) is 32.1 Å². The lowest BCUT2D eigenvalue weighted by atomic mass is 9.63. The fourth-order valence-electron chi connectivity index (χ4n) is 7.57. The first-order valence-corrected chi connectivity index (χ1v) is 15.1. The summed E-state index contributed by atoms with van der Waals surface area (Å²) in [4.78, 5) is 32.7. The number of carbonyl (C=O) groups is 2. The van der Waals surface area contributed by atoms with Crippen molar-refractivity contribution in [3.8, 4) is 0 Å². The molecule has 1 aromatic carbocycles. The van der Waals surface area contributed by atoms with Gasteiger partial charge in [0.15, 0.2) is 5.96 Å². The third-order valence-electron chi connectivity index (χ3n) is 10.1. The number of guanidine groups is 1. The van der Waals surface area contributed by atoms with Crippen LogP contribution in [0.5, 0.6) is 0 Å². The number of cyclic esters (lactones) is 1. The van der Waals surface area contributed by atoms with E-state index < -0.39 is 0 Å². The standard InChI is InChI=1S/C30H44ClN5O3/c1-29(2)20-39-28(38)36(29)19-30(22-6-4-3-5-7-22)13-16-34(17-14-30)26(37)24-12-15-35(27(32)33)18-25(24)21-8-10-23(31)11-9-21/h8-11,22,24-25H,3-7,12-20H2,1-2H3,(H3,32,33). The molecule has 0 radical (unpaired) electrons. The molecule has 3 aliphatic heterocycles. The molecule has 9 heteroatoms.